The molecule has 82 valence electrons. The fourth-order valence-electron chi connectivity index (χ4n) is 1.07. The van der Waals surface area contributed by atoms with Gasteiger partial charge in [0.2, 0.25) is 0 Å². The molecule has 0 aliphatic carbocycles. The van der Waals surface area contributed by atoms with Crippen molar-refractivity contribution in [3.05, 3.63) is 30.2 Å². The Kier molecular flexibility index (Phi) is 2.86. The van der Waals surface area contributed by atoms with E-state index in [9.17, 15) is 4.79 Å². The maximum atomic E-state index is 10.9. The van der Waals surface area contributed by atoms with Gasteiger partial charge in [0, 0.05) is 7.05 Å². The largest absolute Gasteiger partial charge is 0.364 e. The van der Waals surface area contributed by atoms with Crippen LogP contribution in [0.15, 0.2) is 34.7 Å². The van der Waals surface area contributed by atoms with E-state index in [1.807, 2.05) is 7.05 Å². The molecule has 2 rings (SSSR count). The zero-order chi connectivity index (χ0) is 11.5. The number of aromatic nitrogens is 4. The first-order chi connectivity index (χ1) is 7.66. The number of nitrogens with two attached hydrogens (primary N) is 1. The van der Waals surface area contributed by atoms with Crippen molar-refractivity contribution in [3.8, 4) is 0 Å². The average molecular weight is 235 g/mol. The van der Waals surface area contributed by atoms with Crippen LogP contribution < -0.4 is 5.73 Å². The van der Waals surface area contributed by atoms with Crippen LogP contribution in [-0.4, -0.2) is 25.7 Å². The average Bonchev–Trinajstić information content (AvgIpc) is 2.65. The molecule has 0 saturated heterocycles. The van der Waals surface area contributed by atoms with Crippen molar-refractivity contribution in [2.45, 2.75) is 10.2 Å². The first-order valence-corrected chi connectivity index (χ1v) is 5.27. The summed E-state index contributed by atoms with van der Waals surface area (Å²) < 4.78 is 1.77. The highest BCUT2D eigenvalue weighted by atomic mass is 32.2. The molecule has 2 aromatic heterocycles. The highest BCUT2D eigenvalue weighted by molar-refractivity contribution is 7.99. The summed E-state index contributed by atoms with van der Waals surface area (Å²) >= 11 is 1.32. The summed E-state index contributed by atoms with van der Waals surface area (Å²) in [6, 6.07) is 5.08. The van der Waals surface area contributed by atoms with E-state index in [4.69, 9.17) is 5.73 Å². The molecule has 2 heterocycles. The number of pyridine rings is 1. The van der Waals surface area contributed by atoms with E-state index in [1.165, 1.54) is 11.8 Å². The zero-order valence-corrected chi connectivity index (χ0v) is 9.31. The number of carbonyl (C=O) groups is 1. The molecule has 7 heteroatoms. The highest BCUT2D eigenvalue weighted by Crippen LogP contribution is 2.22. The van der Waals surface area contributed by atoms with Gasteiger partial charge in [-0.2, -0.15) is 0 Å². The van der Waals surface area contributed by atoms with Crippen LogP contribution in [0.25, 0.3) is 0 Å². The molecule has 0 radical (unpaired) electrons. The number of aryl methyl sites for hydroxylation is 1. The maximum absolute atomic E-state index is 10.9. The SMILES string of the molecule is Cn1cnnc1Sc1cccc(C(N)=O)n1. The van der Waals surface area contributed by atoms with E-state index < -0.39 is 5.91 Å². The summed E-state index contributed by atoms with van der Waals surface area (Å²) in [7, 11) is 1.83. The predicted octanol–water partition coefficient (Wildman–Crippen LogP) is 0.460. The second-order valence-electron chi connectivity index (χ2n) is 3.05. The minimum atomic E-state index is -0.541. The second kappa shape index (κ2) is 4.31. The Bertz CT molecular complexity index is 524. The Labute approximate surface area is 95.9 Å². The van der Waals surface area contributed by atoms with Gasteiger partial charge in [-0.05, 0) is 23.9 Å². The Balaban J connectivity index is 2.25. The monoisotopic (exact) mass is 235 g/mol. The smallest absolute Gasteiger partial charge is 0.267 e. The number of carbonyl (C=O) groups excluding carboxylic acids is 1. The van der Waals surface area contributed by atoms with E-state index in [2.05, 4.69) is 15.2 Å². The molecule has 2 N–H and O–H groups in total. The van der Waals surface area contributed by atoms with E-state index in [0.29, 0.717) is 10.2 Å². The van der Waals surface area contributed by atoms with Crippen LogP contribution in [-0.2, 0) is 7.05 Å². The first-order valence-electron chi connectivity index (χ1n) is 4.45. The van der Waals surface area contributed by atoms with E-state index >= 15 is 0 Å². The lowest BCUT2D eigenvalue weighted by atomic mass is 10.3. The van der Waals surface area contributed by atoms with Crippen LogP contribution in [0.1, 0.15) is 10.5 Å². The molecule has 1 amide bonds. The molecule has 0 fully saturated rings. The molecule has 0 aliphatic rings. The Morgan fingerprint density at radius 3 is 2.94 bits per heavy atom. The number of amides is 1. The molecule has 2 aromatic rings. The topological polar surface area (TPSA) is 86.7 Å². The third-order valence-electron chi connectivity index (χ3n) is 1.84. The van der Waals surface area contributed by atoms with Crippen LogP contribution >= 0.6 is 11.8 Å². The summed E-state index contributed by atoms with van der Waals surface area (Å²) in [6.07, 6.45) is 1.60. The van der Waals surface area contributed by atoms with Crippen LogP contribution in [0.2, 0.25) is 0 Å². The Morgan fingerprint density at radius 2 is 2.31 bits per heavy atom. The van der Waals surface area contributed by atoms with Gasteiger partial charge in [-0.15, -0.1) is 10.2 Å². The van der Waals surface area contributed by atoms with Crippen molar-refractivity contribution in [3.63, 3.8) is 0 Å². The summed E-state index contributed by atoms with van der Waals surface area (Å²) in [5.74, 6) is -0.541. The van der Waals surface area contributed by atoms with Crippen LogP contribution in [0.3, 0.4) is 0 Å². The molecular weight excluding hydrogens is 226 g/mol. The number of primary amides is 1. The van der Waals surface area contributed by atoms with Gasteiger partial charge in [-0.3, -0.25) is 4.79 Å². The van der Waals surface area contributed by atoms with Gasteiger partial charge in [0.15, 0.2) is 5.16 Å². The normalized spacial score (nSPS) is 10.3. The van der Waals surface area contributed by atoms with Gasteiger partial charge in [-0.1, -0.05) is 6.07 Å². The molecule has 6 nitrogen and oxygen atoms in total. The van der Waals surface area contributed by atoms with Crippen LogP contribution in [0, 0.1) is 0 Å². The molecule has 0 saturated carbocycles. The molecule has 0 bridgehead atoms. The fourth-order valence-corrected chi connectivity index (χ4v) is 1.82. The standard InChI is InChI=1S/C9H9N5OS/c1-14-5-11-13-9(14)16-7-4-2-3-6(12-7)8(10)15/h2-5H,1H3,(H2,10,15). The maximum Gasteiger partial charge on any atom is 0.267 e. The number of rotatable bonds is 3. The zero-order valence-electron chi connectivity index (χ0n) is 8.49. The van der Waals surface area contributed by atoms with Crippen molar-refractivity contribution in [2.24, 2.45) is 12.8 Å². The molecular formula is C9H9N5OS. The minimum absolute atomic E-state index is 0.243. The number of nitrogens with zero attached hydrogens (tertiary/aromatic N) is 4. The van der Waals surface area contributed by atoms with Crippen molar-refractivity contribution < 1.29 is 4.79 Å². The van der Waals surface area contributed by atoms with Gasteiger partial charge in [0.05, 0.1) is 0 Å². The van der Waals surface area contributed by atoms with E-state index in [1.54, 1.807) is 29.1 Å². The quantitative estimate of drug-likeness (QED) is 0.835. The first kappa shape index (κ1) is 10.6. The Hall–Kier alpha value is -1.89. The predicted molar refractivity (Wildman–Crippen MR) is 57.9 cm³/mol. The molecule has 0 aliphatic heterocycles. The third kappa shape index (κ3) is 2.19. The summed E-state index contributed by atoms with van der Waals surface area (Å²) in [4.78, 5) is 15.0. The van der Waals surface area contributed by atoms with Crippen LogP contribution in [0.4, 0.5) is 0 Å². The third-order valence-corrected chi connectivity index (χ3v) is 2.83. The van der Waals surface area contributed by atoms with Gasteiger partial charge in [0.1, 0.15) is 17.0 Å². The van der Waals surface area contributed by atoms with Gasteiger partial charge in [-0.25, -0.2) is 4.98 Å². The highest BCUT2D eigenvalue weighted by Gasteiger charge is 2.07. The summed E-state index contributed by atoms with van der Waals surface area (Å²) in [5.41, 5.74) is 5.38. The van der Waals surface area contributed by atoms with Crippen LogP contribution in [0.5, 0.6) is 0 Å². The lowest BCUT2D eigenvalue weighted by Gasteiger charge is -2.00. The van der Waals surface area contributed by atoms with Crippen molar-refractivity contribution in [2.75, 3.05) is 0 Å². The molecule has 0 unspecified atom stereocenters. The number of hydrogen-bond acceptors (Lipinski definition) is 5. The number of hydrogen-bond donors (Lipinski definition) is 1. The lowest BCUT2D eigenvalue weighted by molar-refractivity contribution is 0.0995. The molecule has 0 spiro atoms. The van der Waals surface area contributed by atoms with Crippen molar-refractivity contribution in [1.29, 1.82) is 0 Å². The van der Waals surface area contributed by atoms with E-state index in [0.717, 1.165) is 0 Å². The Morgan fingerprint density at radius 1 is 1.50 bits per heavy atom. The van der Waals surface area contributed by atoms with E-state index in [-0.39, 0.29) is 5.69 Å². The van der Waals surface area contributed by atoms with Crippen molar-refractivity contribution >= 4 is 17.7 Å². The van der Waals surface area contributed by atoms with Gasteiger partial charge >= 0.3 is 0 Å². The second-order valence-corrected chi connectivity index (χ2v) is 4.04. The molecule has 0 aromatic carbocycles. The molecule has 16 heavy (non-hydrogen) atoms. The minimum Gasteiger partial charge on any atom is -0.364 e. The summed E-state index contributed by atoms with van der Waals surface area (Å²) in [5, 5.41) is 9.02. The fraction of sp³-hybridized carbons (Fsp3) is 0.111. The van der Waals surface area contributed by atoms with Gasteiger partial charge < -0.3 is 10.3 Å². The van der Waals surface area contributed by atoms with Crippen molar-refractivity contribution in [1.82, 2.24) is 19.7 Å². The summed E-state index contributed by atoms with van der Waals surface area (Å²) in [6.45, 7) is 0. The van der Waals surface area contributed by atoms with Gasteiger partial charge in [0.25, 0.3) is 5.91 Å². The lowest BCUT2D eigenvalue weighted by Crippen LogP contribution is -2.12. The molecule has 0 atom stereocenters.